The van der Waals surface area contributed by atoms with Gasteiger partial charge < -0.3 is 15.1 Å². The predicted octanol–water partition coefficient (Wildman–Crippen LogP) is 0.944. The zero-order chi connectivity index (χ0) is 11.3. The van der Waals surface area contributed by atoms with Crippen LogP contribution in [0, 0.1) is 5.92 Å². The highest BCUT2D eigenvalue weighted by Gasteiger charge is 2.26. The van der Waals surface area contributed by atoms with Crippen molar-refractivity contribution in [1.29, 1.82) is 0 Å². The van der Waals surface area contributed by atoms with Gasteiger partial charge in [-0.1, -0.05) is 13.3 Å². The van der Waals surface area contributed by atoms with Gasteiger partial charge in [-0.3, -0.25) is 4.79 Å². The predicted molar refractivity (Wildman–Crippen MR) is 57.7 cm³/mol. The summed E-state index contributed by atoms with van der Waals surface area (Å²) in [4.78, 5) is 12.6. The third kappa shape index (κ3) is 4.18. The average Bonchev–Trinajstić information content (AvgIpc) is 2.19. The van der Waals surface area contributed by atoms with Crippen LogP contribution in [0.1, 0.15) is 32.6 Å². The zero-order valence-corrected chi connectivity index (χ0v) is 9.35. The molecule has 1 saturated heterocycles. The first-order valence-corrected chi connectivity index (χ1v) is 5.75. The maximum Gasteiger partial charge on any atom is 0.304 e. The van der Waals surface area contributed by atoms with E-state index >= 15 is 0 Å². The Morgan fingerprint density at radius 2 is 2.27 bits per heavy atom. The standard InChI is InChI=1S/C11H21NO3/c1-2-3-9-8-12(6-4-10(9)13)7-5-11(14)15/h9-10,13H,2-8H2,1H3,(H,14,15)/t9-,10+/m1/s1. The first kappa shape index (κ1) is 12.5. The third-order valence-corrected chi connectivity index (χ3v) is 3.08. The van der Waals surface area contributed by atoms with Gasteiger partial charge in [0.15, 0.2) is 0 Å². The van der Waals surface area contributed by atoms with Crippen molar-refractivity contribution in [3.05, 3.63) is 0 Å². The van der Waals surface area contributed by atoms with Crippen molar-refractivity contribution in [2.75, 3.05) is 19.6 Å². The van der Waals surface area contributed by atoms with E-state index in [1.807, 2.05) is 0 Å². The van der Waals surface area contributed by atoms with Crippen molar-refractivity contribution >= 4 is 5.97 Å². The molecule has 1 rings (SSSR count). The highest BCUT2D eigenvalue weighted by Crippen LogP contribution is 2.21. The minimum atomic E-state index is -0.742. The molecule has 0 aromatic carbocycles. The van der Waals surface area contributed by atoms with Crippen molar-refractivity contribution in [1.82, 2.24) is 4.90 Å². The molecule has 4 heteroatoms. The quantitative estimate of drug-likeness (QED) is 0.716. The lowest BCUT2D eigenvalue weighted by Crippen LogP contribution is -2.43. The summed E-state index contributed by atoms with van der Waals surface area (Å²) in [5.74, 6) is -0.411. The largest absolute Gasteiger partial charge is 0.481 e. The molecule has 0 aromatic rings. The van der Waals surface area contributed by atoms with Gasteiger partial charge in [0.2, 0.25) is 0 Å². The molecule has 1 fully saturated rings. The van der Waals surface area contributed by atoms with Gasteiger partial charge >= 0.3 is 5.97 Å². The van der Waals surface area contributed by atoms with E-state index in [1.54, 1.807) is 0 Å². The van der Waals surface area contributed by atoms with Crippen molar-refractivity contribution < 1.29 is 15.0 Å². The summed E-state index contributed by atoms with van der Waals surface area (Å²) in [6.07, 6.45) is 2.91. The molecule has 1 aliphatic heterocycles. The molecule has 4 nitrogen and oxygen atoms in total. The van der Waals surface area contributed by atoms with Crippen LogP contribution in [-0.2, 0) is 4.79 Å². The molecule has 0 bridgehead atoms. The number of aliphatic carboxylic acids is 1. The Balaban J connectivity index is 2.32. The van der Waals surface area contributed by atoms with Crippen LogP contribution in [0.15, 0.2) is 0 Å². The van der Waals surface area contributed by atoms with E-state index in [0.717, 1.165) is 32.4 Å². The number of likely N-dealkylation sites (tertiary alicyclic amines) is 1. The molecule has 0 spiro atoms. The number of aliphatic hydroxyl groups is 1. The third-order valence-electron chi connectivity index (χ3n) is 3.08. The van der Waals surface area contributed by atoms with E-state index in [2.05, 4.69) is 11.8 Å². The van der Waals surface area contributed by atoms with Crippen LogP contribution >= 0.6 is 0 Å². The Bertz CT molecular complexity index is 208. The number of carbonyl (C=O) groups is 1. The summed E-state index contributed by atoms with van der Waals surface area (Å²) in [7, 11) is 0. The molecule has 15 heavy (non-hydrogen) atoms. The number of hydrogen-bond donors (Lipinski definition) is 2. The molecule has 0 radical (unpaired) electrons. The Kier molecular flexibility index (Phi) is 5.05. The molecule has 1 heterocycles. The number of carboxylic acid groups (broad SMARTS) is 1. The van der Waals surface area contributed by atoms with Crippen LogP contribution in [0.5, 0.6) is 0 Å². The van der Waals surface area contributed by atoms with Crippen LogP contribution < -0.4 is 0 Å². The first-order valence-electron chi connectivity index (χ1n) is 5.75. The van der Waals surface area contributed by atoms with Gasteiger partial charge in [-0.15, -0.1) is 0 Å². The number of nitrogens with zero attached hydrogens (tertiary/aromatic N) is 1. The molecule has 0 aliphatic carbocycles. The SMILES string of the molecule is CCC[C@@H]1CN(CCC(=O)O)CC[C@@H]1O. The second kappa shape index (κ2) is 6.08. The lowest BCUT2D eigenvalue weighted by Gasteiger charge is -2.35. The van der Waals surface area contributed by atoms with Gasteiger partial charge in [0, 0.05) is 19.6 Å². The lowest BCUT2D eigenvalue weighted by molar-refractivity contribution is -0.137. The smallest absolute Gasteiger partial charge is 0.304 e. The zero-order valence-electron chi connectivity index (χ0n) is 9.35. The fraction of sp³-hybridized carbons (Fsp3) is 0.909. The van der Waals surface area contributed by atoms with Gasteiger partial charge in [-0.05, 0) is 18.8 Å². The molecule has 1 aliphatic rings. The number of aliphatic hydroxyl groups excluding tert-OH is 1. The molecule has 2 N–H and O–H groups in total. The van der Waals surface area contributed by atoms with E-state index in [0.29, 0.717) is 12.5 Å². The van der Waals surface area contributed by atoms with Crippen molar-refractivity contribution in [3.63, 3.8) is 0 Å². The van der Waals surface area contributed by atoms with Gasteiger partial charge in [-0.2, -0.15) is 0 Å². The highest BCUT2D eigenvalue weighted by molar-refractivity contribution is 5.66. The number of piperidine rings is 1. The maximum absolute atomic E-state index is 10.4. The van der Waals surface area contributed by atoms with Crippen molar-refractivity contribution in [2.24, 2.45) is 5.92 Å². The lowest BCUT2D eigenvalue weighted by atomic mass is 9.91. The maximum atomic E-state index is 10.4. The highest BCUT2D eigenvalue weighted by atomic mass is 16.4. The fourth-order valence-electron chi connectivity index (χ4n) is 2.21. The molecule has 0 saturated carbocycles. The summed E-state index contributed by atoms with van der Waals surface area (Å²) in [6, 6.07) is 0. The molecule has 88 valence electrons. The van der Waals surface area contributed by atoms with E-state index in [9.17, 15) is 9.90 Å². The Morgan fingerprint density at radius 3 is 2.87 bits per heavy atom. The van der Waals surface area contributed by atoms with Crippen LogP contribution in [0.4, 0.5) is 0 Å². The first-order chi connectivity index (χ1) is 7.13. The monoisotopic (exact) mass is 215 g/mol. The topological polar surface area (TPSA) is 60.8 Å². The Morgan fingerprint density at radius 1 is 1.53 bits per heavy atom. The molecular formula is C11H21NO3. The molecular weight excluding hydrogens is 194 g/mol. The van der Waals surface area contributed by atoms with Crippen LogP contribution in [0.3, 0.4) is 0 Å². The number of rotatable bonds is 5. The van der Waals surface area contributed by atoms with Crippen molar-refractivity contribution in [2.45, 2.75) is 38.7 Å². The molecule has 0 unspecified atom stereocenters. The second-order valence-electron chi connectivity index (χ2n) is 4.35. The number of hydrogen-bond acceptors (Lipinski definition) is 3. The van der Waals surface area contributed by atoms with Gasteiger partial charge in [0.1, 0.15) is 0 Å². The summed E-state index contributed by atoms with van der Waals surface area (Å²) in [5.41, 5.74) is 0. The van der Waals surface area contributed by atoms with Crippen LogP contribution in [0.2, 0.25) is 0 Å². The Labute approximate surface area is 90.9 Å². The van der Waals surface area contributed by atoms with E-state index < -0.39 is 5.97 Å². The average molecular weight is 215 g/mol. The summed E-state index contributed by atoms with van der Waals surface area (Å²) < 4.78 is 0. The normalized spacial score (nSPS) is 27.9. The molecule has 0 aromatic heterocycles. The van der Waals surface area contributed by atoms with E-state index in [-0.39, 0.29) is 12.5 Å². The van der Waals surface area contributed by atoms with E-state index in [4.69, 9.17) is 5.11 Å². The van der Waals surface area contributed by atoms with Crippen LogP contribution in [-0.4, -0.2) is 46.8 Å². The van der Waals surface area contributed by atoms with E-state index in [1.165, 1.54) is 0 Å². The summed E-state index contributed by atoms with van der Waals surface area (Å²) >= 11 is 0. The van der Waals surface area contributed by atoms with Gasteiger partial charge in [0.05, 0.1) is 12.5 Å². The second-order valence-corrected chi connectivity index (χ2v) is 4.35. The van der Waals surface area contributed by atoms with Crippen molar-refractivity contribution in [3.8, 4) is 0 Å². The van der Waals surface area contributed by atoms with Gasteiger partial charge in [0.25, 0.3) is 0 Å². The summed E-state index contributed by atoms with van der Waals surface area (Å²) in [6.45, 7) is 4.40. The van der Waals surface area contributed by atoms with Crippen LogP contribution in [0.25, 0.3) is 0 Å². The fourth-order valence-corrected chi connectivity index (χ4v) is 2.21. The van der Waals surface area contributed by atoms with Gasteiger partial charge in [-0.25, -0.2) is 0 Å². The molecule has 0 amide bonds. The number of carboxylic acids is 1. The Hall–Kier alpha value is -0.610. The summed E-state index contributed by atoms with van der Waals surface area (Å²) in [5, 5.41) is 18.3. The molecule has 2 atom stereocenters. The minimum absolute atomic E-state index is 0.189. The minimum Gasteiger partial charge on any atom is -0.481 e.